The van der Waals surface area contributed by atoms with E-state index in [0.29, 0.717) is 17.1 Å². The van der Waals surface area contributed by atoms with Gasteiger partial charge in [0.15, 0.2) is 5.69 Å². The van der Waals surface area contributed by atoms with Crippen LogP contribution in [0.4, 0.5) is 18.9 Å². The lowest BCUT2D eigenvalue weighted by Crippen LogP contribution is -2.42. The third kappa shape index (κ3) is 4.17. The molecule has 0 saturated carbocycles. The molecule has 0 bridgehead atoms. The van der Waals surface area contributed by atoms with Crippen LogP contribution in [0.25, 0.3) is 27.5 Å². The lowest BCUT2D eigenvalue weighted by molar-refractivity contribution is -0.137. The van der Waals surface area contributed by atoms with E-state index in [4.69, 9.17) is 6.57 Å². The highest BCUT2D eigenvalue weighted by Gasteiger charge is 2.31. The predicted molar refractivity (Wildman–Crippen MR) is 125 cm³/mol. The van der Waals surface area contributed by atoms with E-state index in [-0.39, 0.29) is 16.9 Å². The number of rotatable bonds is 4. The topological polar surface area (TPSA) is 66.2 Å². The van der Waals surface area contributed by atoms with Crippen molar-refractivity contribution in [3.63, 3.8) is 0 Å². The van der Waals surface area contributed by atoms with Crippen molar-refractivity contribution in [2.45, 2.75) is 33.0 Å². The van der Waals surface area contributed by atoms with E-state index in [9.17, 15) is 22.8 Å². The number of hydrogen-bond acceptors (Lipinski definition) is 3. The highest BCUT2D eigenvalue weighted by Crippen LogP contribution is 2.31. The van der Waals surface area contributed by atoms with Gasteiger partial charge in [-0.15, -0.1) is 0 Å². The minimum Gasteiger partial charge on any atom is -0.268 e. The van der Waals surface area contributed by atoms with Gasteiger partial charge in [-0.05, 0) is 57.2 Å². The first-order valence-electron chi connectivity index (χ1n) is 10.6. The largest absolute Gasteiger partial charge is 0.416 e. The maximum absolute atomic E-state index is 13.5. The molecule has 0 aliphatic carbocycles. The quantitative estimate of drug-likeness (QED) is 0.373. The maximum Gasteiger partial charge on any atom is 0.416 e. The van der Waals surface area contributed by atoms with E-state index < -0.39 is 29.0 Å². The Morgan fingerprint density at radius 2 is 1.69 bits per heavy atom. The molecule has 2 heterocycles. The van der Waals surface area contributed by atoms with Crippen molar-refractivity contribution in [1.29, 1.82) is 0 Å². The summed E-state index contributed by atoms with van der Waals surface area (Å²) in [7, 11) is 0. The van der Waals surface area contributed by atoms with E-state index in [1.54, 1.807) is 44.2 Å². The second kappa shape index (κ2) is 8.76. The zero-order valence-corrected chi connectivity index (χ0v) is 19.0. The molecular formula is C25H20F3N5O2. The average molecular weight is 479 g/mol. The summed E-state index contributed by atoms with van der Waals surface area (Å²) >= 11 is 0. The molecule has 7 nitrogen and oxygen atoms in total. The van der Waals surface area contributed by atoms with E-state index in [1.807, 2.05) is 0 Å². The Bertz CT molecular complexity index is 1570. The maximum atomic E-state index is 13.5. The molecule has 2 aromatic heterocycles. The van der Waals surface area contributed by atoms with Gasteiger partial charge in [0, 0.05) is 11.7 Å². The van der Waals surface area contributed by atoms with Crippen LogP contribution >= 0.6 is 0 Å². The van der Waals surface area contributed by atoms with E-state index in [0.717, 1.165) is 21.3 Å². The van der Waals surface area contributed by atoms with E-state index >= 15 is 0 Å². The van der Waals surface area contributed by atoms with Crippen LogP contribution < -0.4 is 11.2 Å². The molecule has 178 valence electrons. The first kappa shape index (κ1) is 23.8. The monoisotopic (exact) mass is 479 g/mol. The molecule has 4 aromatic rings. The molecule has 0 saturated heterocycles. The minimum atomic E-state index is -4.60. The molecule has 0 unspecified atom stereocenters. The highest BCUT2D eigenvalue weighted by molar-refractivity contribution is 5.65. The number of alkyl halides is 3. The van der Waals surface area contributed by atoms with Crippen LogP contribution in [0, 0.1) is 13.5 Å². The van der Waals surface area contributed by atoms with Crippen molar-refractivity contribution >= 4 is 5.69 Å². The number of halogens is 3. The number of aromatic nitrogens is 4. The Morgan fingerprint density at radius 3 is 2.29 bits per heavy atom. The summed E-state index contributed by atoms with van der Waals surface area (Å²) in [5, 5.41) is 4.30. The summed E-state index contributed by atoms with van der Waals surface area (Å²) in [6.07, 6.45) is -3.12. The van der Waals surface area contributed by atoms with Gasteiger partial charge < -0.3 is 0 Å². The summed E-state index contributed by atoms with van der Waals surface area (Å²) in [5.74, 6) is 0. The first-order chi connectivity index (χ1) is 16.5. The Kier molecular flexibility index (Phi) is 5.94. The van der Waals surface area contributed by atoms with Gasteiger partial charge in [-0.1, -0.05) is 18.2 Å². The van der Waals surface area contributed by atoms with Crippen LogP contribution in [0.5, 0.6) is 0 Å². The smallest absolute Gasteiger partial charge is 0.268 e. The molecule has 0 spiro atoms. The zero-order chi connectivity index (χ0) is 25.5. The molecule has 0 fully saturated rings. The molecule has 0 atom stereocenters. The Labute approximate surface area is 198 Å². The molecule has 10 heteroatoms. The molecule has 0 radical (unpaired) electrons. The van der Waals surface area contributed by atoms with Gasteiger partial charge in [0.1, 0.15) is 0 Å². The van der Waals surface area contributed by atoms with Gasteiger partial charge in [0.25, 0.3) is 5.56 Å². The highest BCUT2D eigenvalue weighted by atomic mass is 19.4. The van der Waals surface area contributed by atoms with Gasteiger partial charge in [-0.2, -0.15) is 18.3 Å². The van der Waals surface area contributed by atoms with Crippen molar-refractivity contribution in [1.82, 2.24) is 18.9 Å². The van der Waals surface area contributed by atoms with Crippen molar-refractivity contribution in [2.75, 3.05) is 0 Å². The van der Waals surface area contributed by atoms with Gasteiger partial charge in [-0.25, -0.2) is 14.3 Å². The standard InChI is InChI=1S/C25H20F3N5O2/c1-15(2)31-23(34)22(21-12-13-30-33(21)19-10-8-18(29-4)9-11-19)16(3)32(24(31)35)20-7-5-6-17(14-20)25(26,27)28/h5-15H,1-3H3. The summed E-state index contributed by atoms with van der Waals surface area (Å²) in [4.78, 5) is 30.2. The molecule has 0 aliphatic rings. The van der Waals surface area contributed by atoms with Crippen LogP contribution in [0.3, 0.4) is 0 Å². The van der Waals surface area contributed by atoms with E-state index in [1.165, 1.54) is 29.9 Å². The fraction of sp³-hybridized carbons (Fsp3) is 0.200. The average Bonchev–Trinajstić information content (AvgIpc) is 3.28. The minimum absolute atomic E-state index is 0.00884. The summed E-state index contributed by atoms with van der Waals surface area (Å²) < 4.78 is 43.8. The molecule has 4 rings (SSSR count). The van der Waals surface area contributed by atoms with Crippen molar-refractivity contribution in [3.05, 3.63) is 104 Å². The number of benzene rings is 2. The van der Waals surface area contributed by atoms with Crippen molar-refractivity contribution in [2.24, 2.45) is 0 Å². The van der Waals surface area contributed by atoms with Gasteiger partial charge in [-0.3, -0.25) is 13.9 Å². The summed E-state index contributed by atoms with van der Waals surface area (Å²) in [6, 6.07) is 12.0. The van der Waals surface area contributed by atoms with Crippen LogP contribution in [-0.2, 0) is 6.18 Å². The normalized spacial score (nSPS) is 11.6. The zero-order valence-electron chi connectivity index (χ0n) is 19.0. The lowest BCUT2D eigenvalue weighted by Gasteiger charge is -2.20. The van der Waals surface area contributed by atoms with Crippen molar-refractivity contribution in [3.8, 4) is 22.6 Å². The Balaban J connectivity index is 2.04. The molecule has 0 amide bonds. The third-order valence-electron chi connectivity index (χ3n) is 5.60. The fourth-order valence-electron chi connectivity index (χ4n) is 3.97. The lowest BCUT2D eigenvalue weighted by atomic mass is 10.1. The number of nitrogens with zero attached hydrogens (tertiary/aromatic N) is 5. The summed E-state index contributed by atoms with van der Waals surface area (Å²) in [6.45, 7) is 11.9. The SMILES string of the molecule is [C-]#[N+]c1ccc(-n2nccc2-c2c(C)n(-c3cccc(C(F)(F)F)c3)c(=O)n(C(C)C)c2=O)cc1. The van der Waals surface area contributed by atoms with Crippen LogP contribution in [-0.4, -0.2) is 18.9 Å². The van der Waals surface area contributed by atoms with Crippen LogP contribution in [0.1, 0.15) is 31.1 Å². The molecule has 0 N–H and O–H groups in total. The molecule has 35 heavy (non-hydrogen) atoms. The van der Waals surface area contributed by atoms with Crippen molar-refractivity contribution < 1.29 is 13.2 Å². The molecule has 2 aromatic carbocycles. The van der Waals surface area contributed by atoms with Crippen LogP contribution in [0.15, 0.2) is 70.4 Å². The van der Waals surface area contributed by atoms with Gasteiger partial charge >= 0.3 is 11.9 Å². The second-order valence-electron chi connectivity index (χ2n) is 8.15. The fourth-order valence-corrected chi connectivity index (χ4v) is 3.97. The molecular weight excluding hydrogens is 459 g/mol. The summed E-state index contributed by atoms with van der Waals surface area (Å²) in [5.41, 5.74) is -0.566. The molecule has 0 aliphatic heterocycles. The predicted octanol–water partition coefficient (Wildman–Crippen LogP) is 5.31. The number of hydrogen-bond donors (Lipinski definition) is 0. The van der Waals surface area contributed by atoms with Gasteiger partial charge in [0.2, 0.25) is 0 Å². The Morgan fingerprint density at radius 1 is 1.00 bits per heavy atom. The second-order valence-corrected chi connectivity index (χ2v) is 8.15. The Hall–Kier alpha value is -4.39. The third-order valence-corrected chi connectivity index (χ3v) is 5.60. The van der Waals surface area contributed by atoms with Crippen LogP contribution in [0.2, 0.25) is 0 Å². The first-order valence-corrected chi connectivity index (χ1v) is 10.6. The van der Waals surface area contributed by atoms with E-state index in [2.05, 4.69) is 9.94 Å². The van der Waals surface area contributed by atoms with Gasteiger partial charge in [0.05, 0.1) is 41.0 Å².